The van der Waals surface area contributed by atoms with Crippen molar-refractivity contribution in [3.8, 4) is 5.75 Å². The van der Waals surface area contributed by atoms with Crippen molar-refractivity contribution >= 4 is 22.6 Å². The van der Waals surface area contributed by atoms with Gasteiger partial charge in [0.1, 0.15) is 5.75 Å². The third-order valence-corrected chi connectivity index (χ3v) is 5.24. The van der Waals surface area contributed by atoms with Crippen LogP contribution in [0.4, 0.5) is 0 Å². The van der Waals surface area contributed by atoms with Gasteiger partial charge in [-0.15, -0.1) is 0 Å². The highest BCUT2D eigenvalue weighted by molar-refractivity contribution is 6.13. The Hall–Kier alpha value is -3.86. The molecule has 0 unspecified atom stereocenters. The lowest BCUT2D eigenvalue weighted by Crippen LogP contribution is -2.25. The number of carbonyl (C=O) groups is 1. The molecule has 0 radical (unpaired) electrons. The highest BCUT2D eigenvalue weighted by Crippen LogP contribution is 2.30. The Morgan fingerprint density at radius 3 is 2.13 bits per heavy atom. The van der Waals surface area contributed by atoms with E-state index in [2.05, 4.69) is 4.98 Å². The fourth-order valence-electron chi connectivity index (χ4n) is 3.74. The average Bonchev–Trinajstić information content (AvgIpc) is 3.25. The third kappa shape index (κ3) is 4.36. The summed E-state index contributed by atoms with van der Waals surface area (Å²) in [5.41, 5.74) is 4.54. The molecule has 1 heterocycles. The lowest BCUT2D eigenvalue weighted by Gasteiger charge is -2.15. The highest BCUT2D eigenvalue weighted by Gasteiger charge is 2.23. The molecule has 5 heteroatoms. The van der Waals surface area contributed by atoms with E-state index in [1.807, 2.05) is 85.1 Å². The lowest BCUT2D eigenvalue weighted by atomic mass is 10.0. The number of esters is 1. The Morgan fingerprint density at radius 1 is 0.903 bits per heavy atom. The topological polar surface area (TPSA) is 63.7 Å². The van der Waals surface area contributed by atoms with E-state index in [1.165, 1.54) is 7.11 Å². The summed E-state index contributed by atoms with van der Waals surface area (Å²) in [4.78, 5) is 20.9. The number of hydrogen-bond donors (Lipinski definition) is 1. The van der Waals surface area contributed by atoms with Crippen LogP contribution in [0, 0.1) is 0 Å². The molecule has 0 spiro atoms. The van der Waals surface area contributed by atoms with Crippen LogP contribution in [0.1, 0.15) is 16.7 Å². The van der Waals surface area contributed by atoms with Crippen molar-refractivity contribution in [2.75, 3.05) is 14.2 Å². The molecule has 0 aliphatic heterocycles. The van der Waals surface area contributed by atoms with Crippen LogP contribution in [-0.4, -0.2) is 36.9 Å². The van der Waals surface area contributed by atoms with Crippen molar-refractivity contribution in [2.24, 2.45) is 4.99 Å². The van der Waals surface area contributed by atoms with E-state index >= 15 is 0 Å². The number of nitrogens with one attached hydrogen (secondary N) is 1. The average molecular weight is 412 g/mol. The molecule has 5 nitrogen and oxygen atoms in total. The first-order valence-electron chi connectivity index (χ1n) is 10.1. The molecule has 156 valence electrons. The first kappa shape index (κ1) is 20.4. The number of rotatable bonds is 7. The molecule has 0 bridgehead atoms. The number of nitrogens with zero attached hydrogens (tertiary/aromatic N) is 1. The zero-order chi connectivity index (χ0) is 21.6. The largest absolute Gasteiger partial charge is 0.496 e. The first-order valence-corrected chi connectivity index (χ1v) is 10.1. The predicted molar refractivity (Wildman–Crippen MR) is 123 cm³/mol. The summed E-state index contributed by atoms with van der Waals surface area (Å²) >= 11 is 0. The Bertz CT molecular complexity index is 1160. The van der Waals surface area contributed by atoms with E-state index in [9.17, 15) is 4.79 Å². The van der Waals surface area contributed by atoms with Gasteiger partial charge in [0.25, 0.3) is 0 Å². The molecule has 4 rings (SSSR count). The maximum Gasteiger partial charge on any atom is 0.330 e. The Labute approximate surface area is 181 Å². The van der Waals surface area contributed by atoms with Gasteiger partial charge in [-0.1, -0.05) is 66.7 Å². The van der Waals surface area contributed by atoms with E-state index in [0.29, 0.717) is 6.42 Å². The first-order chi connectivity index (χ1) is 15.2. The summed E-state index contributed by atoms with van der Waals surface area (Å²) in [5.74, 6) is 0.376. The number of benzene rings is 3. The minimum absolute atomic E-state index is 0.381. The second-order valence-electron chi connectivity index (χ2n) is 7.15. The smallest absolute Gasteiger partial charge is 0.330 e. The number of ether oxygens (including phenoxy) is 2. The molecule has 1 N–H and O–H groups in total. The van der Waals surface area contributed by atoms with Crippen LogP contribution >= 0.6 is 0 Å². The molecule has 3 aromatic carbocycles. The Balaban J connectivity index is 1.80. The normalized spacial score (nSPS) is 11.7. The van der Waals surface area contributed by atoms with E-state index < -0.39 is 6.04 Å². The molecule has 0 fully saturated rings. The number of aromatic nitrogens is 1. The molecule has 0 aliphatic rings. The summed E-state index contributed by atoms with van der Waals surface area (Å²) < 4.78 is 10.7. The second kappa shape index (κ2) is 9.30. The van der Waals surface area contributed by atoms with Crippen LogP contribution < -0.4 is 4.74 Å². The van der Waals surface area contributed by atoms with E-state index in [0.717, 1.165) is 39.1 Å². The second-order valence-corrected chi connectivity index (χ2v) is 7.15. The van der Waals surface area contributed by atoms with Crippen LogP contribution in [0.3, 0.4) is 0 Å². The summed E-state index contributed by atoms with van der Waals surface area (Å²) in [6, 6.07) is 24.9. The molecule has 31 heavy (non-hydrogen) atoms. The summed E-state index contributed by atoms with van der Waals surface area (Å²) in [6.07, 6.45) is 2.29. The molecule has 0 saturated carbocycles. The molecular formula is C26H24N2O3. The predicted octanol–water partition coefficient (Wildman–Crippen LogP) is 4.80. The third-order valence-electron chi connectivity index (χ3n) is 5.24. The van der Waals surface area contributed by atoms with Crippen molar-refractivity contribution < 1.29 is 14.3 Å². The summed E-state index contributed by atoms with van der Waals surface area (Å²) in [5, 5.41) is 0.954. The van der Waals surface area contributed by atoms with Gasteiger partial charge in [-0.3, -0.25) is 4.99 Å². The van der Waals surface area contributed by atoms with Crippen LogP contribution in [0.2, 0.25) is 0 Å². The zero-order valence-corrected chi connectivity index (χ0v) is 17.5. The molecule has 0 amide bonds. The molecule has 1 aromatic heterocycles. The van der Waals surface area contributed by atoms with Gasteiger partial charge in [0.05, 0.1) is 19.9 Å². The number of methoxy groups -OCH3 is 2. The van der Waals surface area contributed by atoms with Gasteiger partial charge in [-0.25, -0.2) is 4.79 Å². The van der Waals surface area contributed by atoms with Crippen LogP contribution in [0.25, 0.3) is 10.9 Å². The zero-order valence-electron chi connectivity index (χ0n) is 17.5. The van der Waals surface area contributed by atoms with Gasteiger partial charge in [-0.2, -0.15) is 0 Å². The fourth-order valence-corrected chi connectivity index (χ4v) is 3.74. The van der Waals surface area contributed by atoms with E-state index in [4.69, 9.17) is 14.5 Å². The number of aliphatic imine (C=N–C) groups is 1. The van der Waals surface area contributed by atoms with Crippen molar-refractivity contribution in [1.29, 1.82) is 0 Å². The number of fused-ring (bicyclic) bond motifs is 1. The van der Waals surface area contributed by atoms with Crippen molar-refractivity contribution in [3.63, 3.8) is 0 Å². The maximum atomic E-state index is 12.8. The van der Waals surface area contributed by atoms with Crippen molar-refractivity contribution in [1.82, 2.24) is 4.98 Å². The van der Waals surface area contributed by atoms with Crippen LogP contribution in [-0.2, 0) is 16.0 Å². The molecular weight excluding hydrogens is 388 g/mol. The standard InChI is InChI=1S/C26H24N2O3/c1-30-23-15-9-14-21-24(23)20(17-27-21)16-22(26(29)31-2)28-25(18-10-5-3-6-11-18)19-12-7-4-8-13-19/h3-15,17,22,27H,16H2,1-2H3/t22-/m1/s1. The van der Waals surface area contributed by atoms with Gasteiger partial charge >= 0.3 is 5.97 Å². The van der Waals surface area contributed by atoms with Gasteiger partial charge in [-0.05, 0) is 17.7 Å². The monoisotopic (exact) mass is 412 g/mol. The van der Waals surface area contributed by atoms with Crippen LogP contribution in [0.5, 0.6) is 5.75 Å². The molecule has 0 aliphatic carbocycles. The Morgan fingerprint density at radius 2 is 1.55 bits per heavy atom. The SMILES string of the molecule is COC(=O)[C@@H](Cc1c[nH]c2cccc(OC)c12)N=C(c1ccccc1)c1ccccc1. The molecule has 0 saturated heterocycles. The number of aromatic amines is 1. The lowest BCUT2D eigenvalue weighted by molar-refractivity contribution is -0.142. The van der Waals surface area contributed by atoms with E-state index in [1.54, 1.807) is 7.11 Å². The maximum absolute atomic E-state index is 12.8. The van der Waals surface area contributed by atoms with Crippen LogP contribution in [0.15, 0.2) is 90.1 Å². The highest BCUT2D eigenvalue weighted by atomic mass is 16.5. The minimum Gasteiger partial charge on any atom is -0.496 e. The van der Waals surface area contributed by atoms with E-state index in [-0.39, 0.29) is 5.97 Å². The number of hydrogen-bond acceptors (Lipinski definition) is 4. The minimum atomic E-state index is -0.704. The number of carbonyl (C=O) groups excluding carboxylic acids is 1. The van der Waals surface area contributed by atoms with Gasteiger partial charge < -0.3 is 14.5 Å². The van der Waals surface area contributed by atoms with Crippen molar-refractivity contribution in [3.05, 3.63) is 102 Å². The summed E-state index contributed by atoms with van der Waals surface area (Å²) in [7, 11) is 3.04. The molecule has 1 atom stereocenters. The number of H-pyrrole nitrogens is 1. The van der Waals surface area contributed by atoms with Gasteiger partial charge in [0.15, 0.2) is 6.04 Å². The Kier molecular flexibility index (Phi) is 6.13. The van der Waals surface area contributed by atoms with Crippen molar-refractivity contribution in [2.45, 2.75) is 12.5 Å². The fraction of sp³-hybridized carbons (Fsp3) is 0.154. The quantitative estimate of drug-likeness (QED) is 0.350. The summed E-state index contributed by atoms with van der Waals surface area (Å²) in [6.45, 7) is 0. The van der Waals surface area contributed by atoms with Gasteiger partial charge in [0, 0.05) is 34.6 Å². The molecule has 4 aromatic rings. The van der Waals surface area contributed by atoms with Gasteiger partial charge in [0.2, 0.25) is 0 Å².